The van der Waals surface area contributed by atoms with Gasteiger partial charge in [0.2, 0.25) is 5.91 Å². The molecular weight excluding hydrogens is 326 g/mol. The molecule has 0 N–H and O–H groups in total. The van der Waals surface area contributed by atoms with Gasteiger partial charge in [-0.15, -0.1) is 0 Å². The van der Waals surface area contributed by atoms with Crippen molar-refractivity contribution in [3.05, 3.63) is 35.9 Å². The summed E-state index contributed by atoms with van der Waals surface area (Å²) in [5.74, 6) is 0.217. The normalized spacial score (nSPS) is 21.9. The minimum atomic E-state index is -0.553. The van der Waals surface area contributed by atoms with Crippen LogP contribution < -0.4 is 0 Å². The van der Waals surface area contributed by atoms with Crippen LogP contribution in [0.15, 0.2) is 30.3 Å². The number of hydrogen-bond donors (Lipinski definition) is 0. The first-order chi connectivity index (χ1) is 11.5. The van der Waals surface area contributed by atoms with Gasteiger partial charge in [-0.25, -0.2) is 4.79 Å². The molecule has 0 spiro atoms. The fourth-order valence-corrected chi connectivity index (χ4v) is 3.72. The summed E-state index contributed by atoms with van der Waals surface area (Å²) in [6.07, 6.45) is 1.88. The lowest BCUT2D eigenvalue weighted by atomic mass is 10.1. The second kappa shape index (κ2) is 6.84. The van der Waals surface area contributed by atoms with Crippen LogP contribution in [0.2, 0.25) is 0 Å². The summed E-state index contributed by atoms with van der Waals surface area (Å²) in [7, 11) is 0. The van der Waals surface area contributed by atoms with Gasteiger partial charge >= 0.3 is 6.03 Å². The topological polar surface area (TPSA) is 60.9 Å². The van der Waals surface area contributed by atoms with E-state index in [0.717, 1.165) is 5.56 Å². The van der Waals surface area contributed by atoms with Gasteiger partial charge in [0.05, 0.1) is 18.3 Å². The molecule has 6 nitrogen and oxygen atoms in total. The SMILES string of the molecule is CSCC(=O)N1CCN2C(=O)N(C(C)c3ccccc3)C(=O)C2C1. The molecule has 1 aromatic carbocycles. The van der Waals surface area contributed by atoms with Gasteiger partial charge < -0.3 is 9.80 Å². The Hall–Kier alpha value is -2.02. The highest BCUT2D eigenvalue weighted by Gasteiger charge is 2.49. The van der Waals surface area contributed by atoms with E-state index in [0.29, 0.717) is 25.4 Å². The number of amides is 4. The predicted molar refractivity (Wildman–Crippen MR) is 92.6 cm³/mol. The van der Waals surface area contributed by atoms with Crippen molar-refractivity contribution in [3.63, 3.8) is 0 Å². The van der Waals surface area contributed by atoms with Crippen LogP contribution in [0.25, 0.3) is 0 Å². The highest BCUT2D eigenvalue weighted by Crippen LogP contribution is 2.30. The first-order valence-electron chi connectivity index (χ1n) is 8.00. The van der Waals surface area contributed by atoms with E-state index in [-0.39, 0.29) is 23.9 Å². The number of fused-ring (bicyclic) bond motifs is 1. The zero-order chi connectivity index (χ0) is 17.3. The maximum absolute atomic E-state index is 12.8. The highest BCUT2D eigenvalue weighted by atomic mass is 32.2. The molecule has 2 fully saturated rings. The van der Waals surface area contributed by atoms with Crippen molar-refractivity contribution < 1.29 is 14.4 Å². The molecule has 1 aromatic rings. The van der Waals surface area contributed by atoms with Crippen molar-refractivity contribution in [2.24, 2.45) is 0 Å². The van der Waals surface area contributed by atoms with E-state index in [1.165, 1.54) is 16.7 Å². The van der Waals surface area contributed by atoms with Gasteiger partial charge in [0.25, 0.3) is 5.91 Å². The summed E-state index contributed by atoms with van der Waals surface area (Å²) < 4.78 is 0. The van der Waals surface area contributed by atoms with Gasteiger partial charge in [0.1, 0.15) is 6.04 Å². The number of benzene rings is 1. The number of hydrogen-bond acceptors (Lipinski definition) is 4. The molecular formula is C17H21N3O3S. The van der Waals surface area contributed by atoms with Gasteiger partial charge in [-0.1, -0.05) is 30.3 Å². The molecule has 2 aliphatic rings. The van der Waals surface area contributed by atoms with E-state index in [4.69, 9.17) is 0 Å². The van der Waals surface area contributed by atoms with Crippen molar-refractivity contribution in [3.8, 4) is 0 Å². The van der Waals surface area contributed by atoms with Crippen LogP contribution in [0, 0.1) is 0 Å². The Labute approximate surface area is 145 Å². The largest absolute Gasteiger partial charge is 0.338 e. The van der Waals surface area contributed by atoms with E-state index >= 15 is 0 Å². The fourth-order valence-electron chi connectivity index (χ4n) is 3.29. The number of urea groups is 1. The summed E-state index contributed by atoms with van der Waals surface area (Å²) >= 11 is 1.47. The lowest BCUT2D eigenvalue weighted by Gasteiger charge is -2.35. The van der Waals surface area contributed by atoms with Gasteiger partial charge in [0.15, 0.2) is 0 Å². The van der Waals surface area contributed by atoms with Gasteiger partial charge in [0, 0.05) is 13.1 Å². The monoisotopic (exact) mass is 347 g/mol. The molecule has 3 rings (SSSR count). The van der Waals surface area contributed by atoms with Crippen LogP contribution in [0.5, 0.6) is 0 Å². The molecule has 128 valence electrons. The van der Waals surface area contributed by atoms with Crippen molar-refractivity contribution in [1.29, 1.82) is 0 Å². The van der Waals surface area contributed by atoms with E-state index in [1.54, 1.807) is 9.80 Å². The summed E-state index contributed by atoms with van der Waals surface area (Å²) in [6.45, 7) is 3.05. The van der Waals surface area contributed by atoms with Gasteiger partial charge in [-0.2, -0.15) is 11.8 Å². The van der Waals surface area contributed by atoms with Crippen molar-refractivity contribution in [2.45, 2.75) is 19.0 Å². The standard InChI is InChI=1S/C17H21N3O3S/c1-12(13-6-4-3-5-7-13)20-16(22)14-10-18(15(21)11-24-2)8-9-19(14)17(20)23/h3-7,12,14H,8-11H2,1-2H3. The van der Waals surface area contributed by atoms with E-state index < -0.39 is 6.04 Å². The molecule has 2 saturated heterocycles. The van der Waals surface area contributed by atoms with Crippen LogP contribution in [0.1, 0.15) is 18.5 Å². The number of rotatable bonds is 4. The summed E-state index contributed by atoms with van der Waals surface area (Å²) in [6, 6.07) is 8.41. The molecule has 4 amide bonds. The number of imide groups is 1. The minimum Gasteiger partial charge on any atom is -0.338 e. The molecule has 2 aliphatic heterocycles. The summed E-state index contributed by atoms with van der Waals surface area (Å²) in [4.78, 5) is 42.2. The van der Waals surface area contributed by atoms with Crippen LogP contribution >= 0.6 is 11.8 Å². The molecule has 0 saturated carbocycles. The molecule has 0 radical (unpaired) electrons. The first-order valence-corrected chi connectivity index (χ1v) is 9.39. The van der Waals surface area contributed by atoms with Crippen molar-refractivity contribution >= 4 is 29.6 Å². The number of piperazine rings is 1. The second-order valence-electron chi connectivity index (χ2n) is 6.06. The number of thioether (sulfide) groups is 1. The molecule has 7 heteroatoms. The Bertz CT molecular complexity index is 652. The van der Waals surface area contributed by atoms with E-state index in [1.807, 2.05) is 43.5 Å². The maximum atomic E-state index is 12.8. The highest BCUT2D eigenvalue weighted by molar-refractivity contribution is 7.99. The average Bonchev–Trinajstić information content (AvgIpc) is 2.86. The smallest absolute Gasteiger partial charge is 0.328 e. The van der Waals surface area contributed by atoms with Crippen molar-refractivity contribution in [2.75, 3.05) is 31.6 Å². The Morgan fingerprint density at radius 3 is 2.62 bits per heavy atom. The summed E-state index contributed by atoms with van der Waals surface area (Å²) in [5, 5.41) is 0. The Balaban J connectivity index is 1.78. The minimum absolute atomic E-state index is 0.0250. The number of carbonyl (C=O) groups is 3. The lowest BCUT2D eigenvalue weighted by Crippen LogP contribution is -2.55. The Morgan fingerprint density at radius 1 is 1.25 bits per heavy atom. The third-order valence-corrected chi connectivity index (χ3v) is 5.18. The average molecular weight is 347 g/mol. The zero-order valence-corrected chi connectivity index (χ0v) is 14.7. The molecule has 24 heavy (non-hydrogen) atoms. The molecule has 0 aliphatic carbocycles. The van der Waals surface area contributed by atoms with Gasteiger partial charge in [-0.05, 0) is 18.7 Å². The van der Waals surface area contributed by atoms with Crippen LogP contribution in [-0.2, 0) is 9.59 Å². The molecule has 2 atom stereocenters. The number of nitrogens with zero attached hydrogens (tertiary/aromatic N) is 3. The molecule has 2 heterocycles. The van der Waals surface area contributed by atoms with Crippen molar-refractivity contribution in [1.82, 2.24) is 14.7 Å². The second-order valence-corrected chi connectivity index (χ2v) is 6.93. The summed E-state index contributed by atoms with van der Waals surface area (Å²) in [5.41, 5.74) is 0.925. The maximum Gasteiger partial charge on any atom is 0.328 e. The fraction of sp³-hybridized carbons (Fsp3) is 0.471. The third-order valence-electron chi connectivity index (χ3n) is 4.64. The predicted octanol–water partition coefficient (Wildman–Crippen LogP) is 1.59. The van der Waals surface area contributed by atoms with Crippen LogP contribution in [-0.4, -0.2) is 70.2 Å². The van der Waals surface area contributed by atoms with E-state index in [2.05, 4.69) is 0 Å². The van der Waals surface area contributed by atoms with Gasteiger partial charge in [-0.3, -0.25) is 14.5 Å². The number of carbonyl (C=O) groups excluding carboxylic acids is 3. The first kappa shape index (κ1) is 16.8. The molecule has 2 unspecified atom stereocenters. The van der Waals surface area contributed by atoms with Crippen LogP contribution in [0.3, 0.4) is 0 Å². The molecule has 0 aromatic heterocycles. The Morgan fingerprint density at radius 2 is 1.96 bits per heavy atom. The lowest BCUT2D eigenvalue weighted by molar-refractivity contribution is -0.135. The Kier molecular flexibility index (Phi) is 4.80. The quantitative estimate of drug-likeness (QED) is 0.776. The van der Waals surface area contributed by atoms with Crippen LogP contribution in [0.4, 0.5) is 4.79 Å². The van der Waals surface area contributed by atoms with E-state index in [9.17, 15) is 14.4 Å². The molecule has 0 bridgehead atoms. The zero-order valence-electron chi connectivity index (χ0n) is 13.8. The third kappa shape index (κ3) is 2.88.